The number of rotatable bonds is 5. The molecule has 0 radical (unpaired) electrons. The Balaban J connectivity index is 1.79. The summed E-state index contributed by atoms with van der Waals surface area (Å²) in [7, 11) is 0. The molecule has 1 atom stereocenters. The standard InChI is InChI=1S/C22H23ClN2O5/c1-2-30-21(27)15-8-6-14(7-9-15)17-13-16(10-11-18(17)23)24-20(26)19-5-3-4-12-25(19)22(28)29/h6-11,13,19H,2-5,12H2,1H3,(H,24,26)(H,28,29)/t19-/m1/s1. The fraction of sp³-hybridized carbons (Fsp3) is 0.318. The van der Waals surface area contributed by atoms with Crippen molar-refractivity contribution in [2.75, 3.05) is 18.5 Å². The Kier molecular flexibility index (Phi) is 6.95. The number of benzene rings is 2. The normalized spacial score (nSPS) is 16.1. The molecule has 0 bridgehead atoms. The van der Waals surface area contributed by atoms with Gasteiger partial charge in [0.1, 0.15) is 6.04 Å². The van der Waals surface area contributed by atoms with E-state index in [0.29, 0.717) is 41.4 Å². The summed E-state index contributed by atoms with van der Waals surface area (Å²) >= 11 is 6.34. The number of halogens is 1. The van der Waals surface area contributed by atoms with E-state index < -0.39 is 18.1 Å². The van der Waals surface area contributed by atoms with Gasteiger partial charge in [0, 0.05) is 22.8 Å². The van der Waals surface area contributed by atoms with E-state index in [1.54, 1.807) is 49.4 Å². The van der Waals surface area contributed by atoms with Gasteiger partial charge in [-0.3, -0.25) is 9.69 Å². The van der Waals surface area contributed by atoms with Crippen LogP contribution in [0.4, 0.5) is 10.5 Å². The average Bonchev–Trinajstić information content (AvgIpc) is 2.75. The van der Waals surface area contributed by atoms with Crippen molar-refractivity contribution in [3.05, 3.63) is 53.1 Å². The molecule has 0 unspecified atom stereocenters. The highest BCUT2D eigenvalue weighted by Crippen LogP contribution is 2.31. The monoisotopic (exact) mass is 430 g/mol. The minimum Gasteiger partial charge on any atom is -0.465 e. The molecule has 8 heteroatoms. The van der Waals surface area contributed by atoms with Gasteiger partial charge in [-0.15, -0.1) is 0 Å². The molecule has 1 fully saturated rings. The van der Waals surface area contributed by atoms with Crippen LogP contribution in [0.3, 0.4) is 0 Å². The maximum Gasteiger partial charge on any atom is 0.407 e. The zero-order valence-electron chi connectivity index (χ0n) is 16.6. The van der Waals surface area contributed by atoms with Crippen molar-refractivity contribution in [1.29, 1.82) is 0 Å². The summed E-state index contributed by atoms with van der Waals surface area (Å²) in [5.41, 5.74) is 2.41. The van der Waals surface area contributed by atoms with E-state index in [9.17, 15) is 19.5 Å². The summed E-state index contributed by atoms with van der Waals surface area (Å²) in [6.07, 6.45) is 0.963. The van der Waals surface area contributed by atoms with Gasteiger partial charge in [0.05, 0.1) is 12.2 Å². The topological polar surface area (TPSA) is 95.9 Å². The Hall–Kier alpha value is -3.06. The van der Waals surface area contributed by atoms with Crippen LogP contribution < -0.4 is 5.32 Å². The van der Waals surface area contributed by atoms with E-state index >= 15 is 0 Å². The number of likely N-dealkylation sites (tertiary alicyclic amines) is 1. The summed E-state index contributed by atoms with van der Waals surface area (Å²) in [6.45, 7) is 2.40. The predicted octanol–water partition coefficient (Wildman–Crippen LogP) is 4.65. The molecule has 0 aromatic heterocycles. The lowest BCUT2D eigenvalue weighted by atomic mass is 10.0. The minimum absolute atomic E-state index is 0.300. The van der Waals surface area contributed by atoms with Crippen LogP contribution in [0.25, 0.3) is 11.1 Å². The Labute approximate surface area is 179 Å². The Bertz CT molecular complexity index is 945. The van der Waals surface area contributed by atoms with Crippen LogP contribution >= 0.6 is 11.6 Å². The van der Waals surface area contributed by atoms with Gasteiger partial charge < -0.3 is 15.2 Å². The summed E-state index contributed by atoms with van der Waals surface area (Å²) in [5, 5.41) is 12.6. The van der Waals surface area contributed by atoms with Gasteiger partial charge in [0.15, 0.2) is 0 Å². The lowest BCUT2D eigenvalue weighted by Gasteiger charge is -2.32. The molecule has 0 saturated carbocycles. The van der Waals surface area contributed by atoms with Crippen LogP contribution in [-0.2, 0) is 9.53 Å². The van der Waals surface area contributed by atoms with Crippen LogP contribution in [-0.4, -0.2) is 47.2 Å². The van der Waals surface area contributed by atoms with E-state index in [2.05, 4.69) is 5.32 Å². The van der Waals surface area contributed by atoms with Crippen LogP contribution in [0.2, 0.25) is 5.02 Å². The molecule has 2 amide bonds. The molecule has 1 aliphatic heterocycles. The van der Waals surface area contributed by atoms with E-state index in [1.165, 1.54) is 4.90 Å². The summed E-state index contributed by atoms with van der Waals surface area (Å²) in [4.78, 5) is 37.1. The average molecular weight is 431 g/mol. The van der Waals surface area contributed by atoms with E-state index in [0.717, 1.165) is 18.4 Å². The number of piperidine rings is 1. The molecule has 7 nitrogen and oxygen atoms in total. The predicted molar refractivity (Wildman–Crippen MR) is 114 cm³/mol. The highest BCUT2D eigenvalue weighted by atomic mass is 35.5. The van der Waals surface area contributed by atoms with Gasteiger partial charge in [0.2, 0.25) is 5.91 Å². The maximum absolute atomic E-state index is 12.7. The second-order valence-corrected chi connectivity index (χ2v) is 7.38. The highest BCUT2D eigenvalue weighted by molar-refractivity contribution is 6.33. The van der Waals surface area contributed by atoms with Crippen LogP contribution in [0.1, 0.15) is 36.5 Å². The van der Waals surface area contributed by atoms with Crippen molar-refractivity contribution < 1.29 is 24.2 Å². The number of amides is 2. The SMILES string of the molecule is CCOC(=O)c1ccc(-c2cc(NC(=O)[C@H]3CCCCN3C(=O)O)ccc2Cl)cc1. The molecule has 2 N–H and O–H groups in total. The fourth-order valence-electron chi connectivity index (χ4n) is 3.48. The number of carbonyl (C=O) groups excluding carboxylic acids is 2. The number of nitrogens with one attached hydrogen (secondary N) is 1. The molecular formula is C22H23ClN2O5. The molecule has 0 aliphatic carbocycles. The van der Waals surface area contributed by atoms with Crippen molar-refractivity contribution in [2.45, 2.75) is 32.2 Å². The third kappa shape index (κ3) is 4.91. The lowest BCUT2D eigenvalue weighted by Crippen LogP contribution is -2.49. The first kappa shape index (κ1) is 21.6. The quantitative estimate of drug-likeness (QED) is 0.673. The third-order valence-corrected chi connectivity index (χ3v) is 5.32. The smallest absolute Gasteiger partial charge is 0.407 e. The van der Waals surface area contributed by atoms with Gasteiger partial charge in [0.25, 0.3) is 0 Å². The Morgan fingerprint density at radius 3 is 2.57 bits per heavy atom. The van der Waals surface area contributed by atoms with Crippen molar-refractivity contribution in [2.24, 2.45) is 0 Å². The Morgan fingerprint density at radius 1 is 1.17 bits per heavy atom. The van der Waals surface area contributed by atoms with Crippen LogP contribution in [0.5, 0.6) is 0 Å². The van der Waals surface area contributed by atoms with E-state index in [1.807, 2.05) is 0 Å². The fourth-order valence-corrected chi connectivity index (χ4v) is 3.71. The zero-order valence-corrected chi connectivity index (χ0v) is 17.3. The molecule has 30 heavy (non-hydrogen) atoms. The first-order valence-electron chi connectivity index (χ1n) is 9.78. The van der Waals surface area contributed by atoms with Crippen molar-refractivity contribution in [3.8, 4) is 11.1 Å². The Morgan fingerprint density at radius 2 is 1.90 bits per heavy atom. The number of nitrogens with zero attached hydrogens (tertiary/aromatic N) is 1. The number of hydrogen-bond acceptors (Lipinski definition) is 4. The first-order chi connectivity index (χ1) is 14.4. The van der Waals surface area contributed by atoms with Crippen LogP contribution in [0, 0.1) is 0 Å². The zero-order chi connectivity index (χ0) is 21.7. The van der Waals surface area contributed by atoms with Gasteiger partial charge in [-0.1, -0.05) is 23.7 Å². The van der Waals surface area contributed by atoms with Gasteiger partial charge in [-0.05, 0) is 62.1 Å². The summed E-state index contributed by atoms with van der Waals surface area (Å²) in [6, 6.07) is 11.2. The molecule has 1 aliphatic rings. The third-order valence-electron chi connectivity index (χ3n) is 4.99. The molecule has 0 spiro atoms. The number of carbonyl (C=O) groups is 3. The number of esters is 1. The molecule has 158 valence electrons. The van der Waals surface area contributed by atoms with Crippen molar-refractivity contribution in [3.63, 3.8) is 0 Å². The number of carboxylic acid groups (broad SMARTS) is 1. The largest absolute Gasteiger partial charge is 0.465 e. The number of anilines is 1. The van der Waals surface area contributed by atoms with Gasteiger partial charge in [-0.25, -0.2) is 9.59 Å². The molecule has 2 aromatic rings. The number of ether oxygens (including phenoxy) is 1. The second-order valence-electron chi connectivity index (χ2n) is 6.97. The first-order valence-corrected chi connectivity index (χ1v) is 10.2. The molecule has 1 saturated heterocycles. The highest BCUT2D eigenvalue weighted by Gasteiger charge is 2.32. The van der Waals surface area contributed by atoms with Gasteiger partial charge >= 0.3 is 12.1 Å². The van der Waals surface area contributed by atoms with Crippen molar-refractivity contribution in [1.82, 2.24) is 4.90 Å². The second kappa shape index (κ2) is 9.63. The van der Waals surface area contributed by atoms with E-state index in [-0.39, 0.29) is 5.91 Å². The summed E-state index contributed by atoms with van der Waals surface area (Å²) in [5.74, 6) is -0.755. The number of hydrogen-bond donors (Lipinski definition) is 2. The summed E-state index contributed by atoms with van der Waals surface area (Å²) < 4.78 is 4.98. The van der Waals surface area contributed by atoms with Gasteiger partial charge in [-0.2, -0.15) is 0 Å². The maximum atomic E-state index is 12.7. The molecule has 2 aromatic carbocycles. The molecular weight excluding hydrogens is 408 g/mol. The van der Waals surface area contributed by atoms with Crippen molar-refractivity contribution >= 4 is 35.3 Å². The van der Waals surface area contributed by atoms with E-state index in [4.69, 9.17) is 16.3 Å². The lowest BCUT2D eigenvalue weighted by molar-refractivity contribution is -0.121. The molecule has 1 heterocycles. The van der Waals surface area contributed by atoms with Crippen LogP contribution in [0.15, 0.2) is 42.5 Å². The molecule has 3 rings (SSSR count). The minimum atomic E-state index is -1.09.